The molecule has 0 bridgehead atoms. The monoisotopic (exact) mass is 248 g/mol. The van der Waals surface area contributed by atoms with Crippen LogP contribution in [0.5, 0.6) is 5.75 Å². The molecule has 2 rings (SSSR count). The molecule has 3 nitrogen and oxygen atoms in total. The maximum Gasteiger partial charge on any atom is 0.119 e. The summed E-state index contributed by atoms with van der Waals surface area (Å²) in [5.74, 6) is 1.82. The number of hydrogen-bond acceptors (Lipinski definition) is 3. The van der Waals surface area contributed by atoms with Gasteiger partial charge in [-0.2, -0.15) is 0 Å². The zero-order valence-corrected chi connectivity index (χ0v) is 11.5. The first-order chi connectivity index (χ1) is 8.79. The molecule has 1 aliphatic rings. The summed E-state index contributed by atoms with van der Waals surface area (Å²) in [4.78, 5) is 2.33. The summed E-state index contributed by atoms with van der Waals surface area (Å²) in [5.41, 5.74) is 1.27. The molecule has 1 aliphatic heterocycles. The average Bonchev–Trinajstić information content (AvgIpc) is 2.46. The first-order valence-electron chi connectivity index (χ1n) is 6.85. The van der Waals surface area contributed by atoms with E-state index in [2.05, 4.69) is 29.4 Å². The van der Waals surface area contributed by atoms with Crippen molar-refractivity contribution in [3.8, 4) is 5.75 Å². The highest BCUT2D eigenvalue weighted by atomic mass is 16.5. The van der Waals surface area contributed by atoms with E-state index in [1.807, 2.05) is 12.1 Å². The van der Waals surface area contributed by atoms with Gasteiger partial charge < -0.3 is 15.0 Å². The number of methoxy groups -OCH3 is 1. The molecule has 1 fully saturated rings. The molecule has 3 heteroatoms. The van der Waals surface area contributed by atoms with Crippen molar-refractivity contribution in [3.05, 3.63) is 24.3 Å². The van der Waals surface area contributed by atoms with Gasteiger partial charge in [-0.25, -0.2) is 0 Å². The summed E-state index contributed by atoms with van der Waals surface area (Å²) in [6.07, 6.45) is 3.96. The third kappa shape index (κ3) is 3.64. The Morgan fingerprint density at radius 2 is 1.89 bits per heavy atom. The van der Waals surface area contributed by atoms with Gasteiger partial charge in [0.25, 0.3) is 0 Å². The Balaban J connectivity index is 1.80. The van der Waals surface area contributed by atoms with Crippen molar-refractivity contribution >= 4 is 5.69 Å². The number of hydrogen-bond donors (Lipinski definition) is 1. The Labute approximate surface area is 110 Å². The van der Waals surface area contributed by atoms with Crippen LogP contribution in [0.4, 0.5) is 5.69 Å². The first kappa shape index (κ1) is 13.2. The Bertz CT molecular complexity index is 344. The van der Waals surface area contributed by atoms with Crippen LogP contribution in [-0.2, 0) is 0 Å². The maximum atomic E-state index is 5.18. The summed E-state index contributed by atoms with van der Waals surface area (Å²) < 4.78 is 5.18. The van der Waals surface area contributed by atoms with Gasteiger partial charge in [-0.3, -0.25) is 0 Å². The molecule has 1 aromatic carbocycles. The summed E-state index contributed by atoms with van der Waals surface area (Å²) in [7, 11) is 3.87. The summed E-state index contributed by atoms with van der Waals surface area (Å²) in [6, 6.07) is 8.30. The second-order valence-corrected chi connectivity index (χ2v) is 5.10. The predicted octanol–water partition coefficient (Wildman–Crippen LogP) is 2.52. The van der Waals surface area contributed by atoms with Gasteiger partial charge in [-0.05, 0) is 62.5 Å². The standard InChI is InChI=1S/C15H24N2O/c1-17(12-9-13-7-10-16-11-8-13)14-3-5-15(18-2)6-4-14/h3-6,13,16H,7-12H2,1-2H3. The molecule has 1 N–H and O–H groups in total. The molecule has 0 aliphatic carbocycles. The highest BCUT2D eigenvalue weighted by molar-refractivity contribution is 5.48. The van der Waals surface area contributed by atoms with Crippen LogP contribution in [0.3, 0.4) is 0 Å². The molecule has 0 unspecified atom stereocenters. The zero-order valence-electron chi connectivity index (χ0n) is 11.5. The summed E-state index contributed by atoms with van der Waals surface area (Å²) >= 11 is 0. The van der Waals surface area contributed by atoms with E-state index in [9.17, 15) is 0 Å². The van der Waals surface area contributed by atoms with Crippen molar-refractivity contribution in [2.75, 3.05) is 38.7 Å². The number of piperidine rings is 1. The van der Waals surface area contributed by atoms with E-state index in [0.29, 0.717) is 0 Å². The van der Waals surface area contributed by atoms with Crippen LogP contribution in [0.1, 0.15) is 19.3 Å². The van der Waals surface area contributed by atoms with E-state index >= 15 is 0 Å². The van der Waals surface area contributed by atoms with Crippen LogP contribution >= 0.6 is 0 Å². The fourth-order valence-corrected chi connectivity index (χ4v) is 2.51. The van der Waals surface area contributed by atoms with E-state index in [0.717, 1.165) is 18.2 Å². The van der Waals surface area contributed by atoms with Gasteiger partial charge in [0.15, 0.2) is 0 Å². The third-order valence-electron chi connectivity index (χ3n) is 3.84. The highest BCUT2D eigenvalue weighted by Crippen LogP contribution is 2.21. The average molecular weight is 248 g/mol. The van der Waals surface area contributed by atoms with Crippen LogP contribution in [-0.4, -0.2) is 33.8 Å². The van der Waals surface area contributed by atoms with Gasteiger partial charge >= 0.3 is 0 Å². The largest absolute Gasteiger partial charge is 0.497 e. The minimum absolute atomic E-state index is 0.895. The van der Waals surface area contributed by atoms with Gasteiger partial charge in [0.1, 0.15) is 5.75 Å². The minimum atomic E-state index is 0.895. The summed E-state index contributed by atoms with van der Waals surface area (Å²) in [6.45, 7) is 3.52. The molecule has 100 valence electrons. The van der Waals surface area contributed by atoms with Crippen LogP contribution in [0, 0.1) is 5.92 Å². The topological polar surface area (TPSA) is 24.5 Å². The SMILES string of the molecule is COc1ccc(N(C)CCC2CCNCC2)cc1. The second kappa shape index (κ2) is 6.64. The normalized spacial score (nSPS) is 16.6. The van der Waals surface area contributed by atoms with Gasteiger partial charge in [-0.15, -0.1) is 0 Å². The molecule has 1 saturated heterocycles. The van der Waals surface area contributed by atoms with Gasteiger partial charge in [0.05, 0.1) is 7.11 Å². The number of rotatable bonds is 5. The van der Waals surface area contributed by atoms with Crippen molar-refractivity contribution in [1.29, 1.82) is 0 Å². The number of nitrogens with one attached hydrogen (secondary N) is 1. The molecule has 0 aromatic heterocycles. The Kier molecular flexibility index (Phi) is 4.88. The van der Waals surface area contributed by atoms with Crippen LogP contribution in [0.25, 0.3) is 0 Å². The summed E-state index contributed by atoms with van der Waals surface area (Å²) in [5, 5.41) is 3.42. The Morgan fingerprint density at radius 3 is 2.50 bits per heavy atom. The third-order valence-corrected chi connectivity index (χ3v) is 3.84. The quantitative estimate of drug-likeness (QED) is 0.866. The molecule has 0 atom stereocenters. The lowest BCUT2D eigenvalue weighted by atomic mass is 9.94. The lowest BCUT2D eigenvalue weighted by molar-refractivity contribution is 0.356. The number of anilines is 1. The molecule has 1 aromatic rings. The lowest BCUT2D eigenvalue weighted by Crippen LogP contribution is -2.30. The molecule has 0 radical (unpaired) electrons. The second-order valence-electron chi connectivity index (χ2n) is 5.10. The molecule has 1 heterocycles. The van der Waals surface area contributed by atoms with E-state index in [-0.39, 0.29) is 0 Å². The van der Waals surface area contributed by atoms with Crippen molar-refractivity contribution in [1.82, 2.24) is 5.32 Å². The van der Waals surface area contributed by atoms with Gasteiger partial charge in [-0.1, -0.05) is 0 Å². The van der Waals surface area contributed by atoms with E-state index in [4.69, 9.17) is 4.74 Å². The highest BCUT2D eigenvalue weighted by Gasteiger charge is 2.13. The number of benzene rings is 1. The molecule has 0 saturated carbocycles. The molecule has 0 spiro atoms. The van der Waals surface area contributed by atoms with Gasteiger partial charge in [0.2, 0.25) is 0 Å². The van der Waals surface area contributed by atoms with Gasteiger partial charge in [0, 0.05) is 19.3 Å². The van der Waals surface area contributed by atoms with Crippen LogP contribution < -0.4 is 15.0 Å². The van der Waals surface area contributed by atoms with Crippen molar-refractivity contribution < 1.29 is 4.74 Å². The minimum Gasteiger partial charge on any atom is -0.497 e. The first-order valence-corrected chi connectivity index (χ1v) is 6.85. The van der Waals surface area contributed by atoms with Crippen molar-refractivity contribution in [2.24, 2.45) is 5.92 Å². The number of nitrogens with zero attached hydrogens (tertiary/aromatic N) is 1. The zero-order chi connectivity index (χ0) is 12.8. The smallest absolute Gasteiger partial charge is 0.119 e. The predicted molar refractivity (Wildman–Crippen MR) is 76.5 cm³/mol. The Morgan fingerprint density at radius 1 is 1.22 bits per heavy atom. The molecular weight excluding hydrogens is 224 g/mol. The van der Waals surface area contributed by atoms with Crippen molar-refractivity contribution in [3.63, 3.8) is 0 Å². The lowest BCUT2D eigenvalue weighted by Gasteiger charge is -2.26. The fraction of sp³-hybridized carbons (Fsp3) is 0.600. The number of ether oxygens (including phenoxy) is 1. The van der Waals surface area contributed by atoms with E-state index < -0.39 is 0 Å². The van der Waals surface area contributed by atoms with E-state index in [1.54, 1.807) is 7.11 Å². The van der Waals surface area contributed by atoms with Crippen molar-refractivity contribution in [2.45, 2.75) is 19.3 Å². The van der Waals surface area contributed by atoms with Crippen LogP contribution in [0.15, 0.2) is 24.3 Å². The molecular formula is C15H24N2O. The maximum absolute atomic E-state index is 5.18. The molecule has 18 heavy (non-hydrogen) atoms. The molecule has 0 amide bonds. The fourth-order valence-electron chi connectivity index (χ4n) is 2.51. The van der Waals surface area contributed by atoms with Crippen LogP contribution in [0.2, 0.25) is 0 Å². The Hall–Kier alpha value is -1.22. The van der Waals surface area contributed by atoms with E-state index in [1.165, 1.54) is 38.0 Å².